The van der Waals surface area contributed by atoms with Gasteiger partial charge in [0, 0.05) is 25.1 Å². The van der Waals surface area contributed by atoms with Gasteiger partial charge in [-0.2, -0.15) is 0 Å². The van der Waals surface area contributed by atoms with Gasteiger partial charge in [0.15, 0.2) is 28.6 Å². The van der Waals surface area contributed by atoms with Crippen LogP contribution in [0.2, 0.25) is 0 Å². The highest BCUT2D eigenvalue weighted by molar-refractivity contribution is 9.10. The highest BCUT2D eigenvalue weighted by Gasteiger charge is 2.27. The fraction of sp³-hybridized carbons (Fsp3) is 0.286. The van der Waals surface area contributed by atoms with E-state index in [9.17, 15) is 4.79 Å². The molecule has 1 atom stereocenters. The fourth-order valence-electron chi connectivity index (χ4n) is 3.09. The van der Waals surface area contributed by atoms with Crippen LogP contribution in [-0.4, -0.2) is 45.0 Å². The van der Waals surface area contributed by atoms with Crippen LogP contribution >= 0.6 is 27.7 Å². The zero-order chi connectivity index (χ0) is 21.1. The first-order valence-electron chi connectivity index (χ1n) is 9.41. The molecule has 0 saturated carbocycles. The maximum Gasteiger partial charge on any atom is 0.233 e. The molecule has 1 aliphatic heterocycles. The van der Waals surface area contributed by atoms with E-state index in [0.29, 0.717) is 29.9 Å². The van der Waals surface area contributed by atoms with Crippen molar-refractivity contribution in [1.82, 2.24) is 19.7 Å². The number of hydrogen-bond acceptors (Lipinski definition) is 6. The molecule has 0 radical (unpaired) electrons. The van der Waals surface area contributed by atoms with Crippen molar-refractivity contribution in [3.8, 4) is 11.5 Å². The van der Waals surface area contributed by atoms with Gasteiger partial charge in [0.2, 0.25) is 5.91 Å². The van der Waals surface area contributed by atoms with Crippen LogP contribution in [0.1, 0.15) is 17.5 Å². The third-order valence-electron chi connectivity index (χ3n) is 4.78. The molecule has 0 bridgehead atoms. The summed E-state index contributed by atoms with van der Waals surface area (Å²) in [5.74, 6) is 2.38. The standard InChI is InChI=1S/C21H21BrN4O3S/c1-25(11-14-7-3-4-8-15(14)22)19(27)13-30-21-24-23-20(26(21)2)18-12-28-16-9-5-6-10-17(16)29-18/h3-10,18H,11-13H2,1-2H3. The van der Waals surface area contributed by atoms with Crippen molar-refractivity contribution in [3.63, 3.8) is 0 Å². The number of para-hydroxylation sites is 2. The molecule has 0 aliphatic carbocycles. The number of carbonyl (C=O) groups excluding carboxylic acids is 1. The summed E-state index contributed by atoms with van der Waals surface area (Å²) >= 11 is 4.88. The van der Waals surface area contributed by atoms with Crippen molar-refractivity contribution < 1.29 is 14.3 Å². The van der Waals surface area contributed by atoms with Crippen LogP contribution < -0.4 is 9.47 Å². The Morgan fingerprint density at radius 3 is 2.73 bits per heavy atom. The molecule has 2 aromatic carbocycles. The zero-order valence-electron chi connectivity index (χ0n) is 16.6. The number of carbonyl (C=O) groups is 1. The van der Waals surface area contributed by atoms with Gasteiger partial charge in [0.1, 0.15) is 6.61 Å². The lowest BCUT2D eigenvalue weighted by atomic mass is 10.2. The molecule has 2 heterocycles. The number of fused-ring (bicyclic) bond motifs is 1. The summed E-state index contributed by atoms with van der Waals surface area (Å²) in [6.45, 7) is 0.902. The number of amides is 1. The number of thioether (sulfide) groups is 1. The Morgan fingerprint density at radius 2 is 1.93 bits per heavy atom. The SMILES string of the molecule is CN(Cc1ccccc1Br)C(=O)CSc1nnc(C2COc3ccccc3O2)n1C. The molecule has 4 rings (SSSR count). The predicted octanol–water partition coefficient (Wildman–Crippen LogP) is 3.84. The zero-order valence-corrected chi connectivity index (χ0v) is 19.0. The lowest BCUT2D eigenvalue weighted by Crippen LogP contribution is -2.28. The van der Waals surface area contributed by atoms with Gasteiger partial charge in [0.05, 0.1) is 5.75 Å². The minimum Gasteiger partial charge on any atom is -0.485 e. The Morgan fingerprint density at radius 1 is 1.20 bits per heavy atom. The second-order valence-corrected chi connectivity index (χ2v) is 8.69. The predicted molar refractivity (Wildman–Crippen MR) is 118 cm³/mol. The molecule has 1 unspecified atom stereocenters. The molecule has 0 saturated heterocycles. The summed E-state index contributed by atoms with van der Waals surface area (Å²) in [5, 5.41) is 9.17. The van der Waals surface area contributed by atoms with E-state index in [0.717, 1.165) is 15.8 Å². The quantitative estimate of drug-likeness (QED) is 0.491. The van der Waals surface area contributed by atoms with Crippen LogP contribution in [-0.2, 0) is 18.4 Å². The van der Waals surface area contributed by atoms with Crippen LogP contribution in [0.4, 0.5) is 0 Å². The van der Waals surface area contributed by atoms with Gasteiger partial charge in [-0.25, -0.2) is 0 Å². The van der Waals surface area contributed by atoms with E-state index in [4.69, 9.17) is 9.47 Å². The second-order valence-electron chi connectivity index (χ2n) is 6.89. The number of benzene rings is 2. The third kappa shape index (κ3) is 4.46. The van der Waals surface area contributed by atoms with Crippen molar-refractivity contribution in [1.29, 1.82) is 0 Å². The number of nitrogens with zero attached hydrogens (tertiary/aromatic N) is 4. The number of rotatable bonds is 6. The van der Waals surface area contributed by atoms with E-state index in [2.05, 4.69) is 26.1 Å². The molecule has 7 nitrogen and oxygen atoms in total. The van der Waals surface area contributed by atoms with Crippen molar-refractivity contribution in [2.75, 3.05) is 19.4 Å². The lowest BCUT2D eigenvalue weighted by molar-refractivity contribution is -0.127. The number of ether oxygens (including phenoxy) is 2. The monoisotopic (exact) mass is 488 g/mol. The topological polar surface area (TPSA) is 69.5 Å². The molecule has 1 aromatic heterocycles. The van der Waals surface area contributed by atoms with Gasteiger partial charge in [-0.1, -0.05) is 58.0 Å². The number of hydrogen-bond donors (Lipinski definition) is 0. The van der Waals surface area contributed by atoms with Gasteiger partial charge in [-0.05, 0) is 23.8 Å². The fourth-order valence-corrected chi connectivity index (χ4v) is 4.35. The van der Waals surface area contributed by atoms with Crippen molar-refractivity contribution >= 4 is 33.6 Å². The van der Waals surface area contributed by atoms with E-state index in [1.807, 2.05) is 60.1 Å². The van der Waals surface area contributed by atoms with Crippen LogP contribution in [0.25, 0.3) is 0 Å². The number of aromatic nitrogens is 3. The third-order valence-corrected chi connectivity index (χ3v) is 6.56. The Hall–Kier alpha value is -2.52. The minimum absolute atomic E-state index is 0.0199. The molecular weight excluding hydrogens is 468 g/mol. The summed E-state index contributed by atoms with van der Waals surface area (Å²) < 4.78 is 14.6. The van der Waals surface area contributed by atoms with Crippen LogP contribution in [0.5, 0.6) is 11.5 Å². The molecule has 3 aromatic rings. The summed E-state index contributed by atoms with van der Waals surface area (Å²) in [4.78, 5) is 14.3. The van der Waals surface area contributed by atoms with E-state index in [1.165, 1.54) is 11.8 Å². The maximum atomic E-state index is 12.6. The van der Waals surface area contributed by atoms with Crippen LogP contribution in [0.15, 0.2) is 58.2 Å². The van der Waals surface area contributed by atoms with E-state index in [1.54, 1.807) is 11.9 Å². The molecule has 9 heteroatoms. The Balaban J connectivity index is 1.36. The molecule has 1 aliphatic rings. The normalized spacial score (nSPS) is 15.1. The molecular formula is C21H21BrN4O3S. The van der Waals surface area contributed by atoms with Crippen molar-refractivity contribution in [2.24, 2.45) is 7.05 Å². The van der Waals surface area contributed by atoms with Gasteiger partial charge in [-0.3, -0.25) is 4.79 Å². The summed E-state index contributed by atoms with van der Waals surface area (Å²) in [6, 6.07) is 15.4. The van der Waals surface area contributed by atoms with Gasteiger partial charge < -0.3 is 18.9 Å². The highest BCUT2D eigenvalue weighted by atomic mass is 79.9. The van der Waals surface area contributed by atoms with Crippen molar-refractivity contribution in [3.05, 3.63) is 64.4 Å². The first kappa shape index (κ1) is 20.7. The molecule has 0 spiro atoms. The lowest BCUT2D eigenvalue weighted by Gasteiger charge is -2.25. The smallest absolute Gasteiger partial charge is 0.233 e. The summed E-state index contributed by atoms with van der Waals surface area (Å²) in [6.07, 6.45) is -0.347. The van der Waals surface area contributed by atoms with Crippen LogP contribution in [0.3, 0.4) is 0 Å². The van der Waals surface area contributed by atoms with Gasteiger partial charge >= 0.3 is 0 Å². The summed E-state index contributed by atoms with van der Waals surface area (Å²) in [7, 11) is 3.67. The van der Waals surface area contributed by atoms with E-state index in [-0.39, 0.29) is 17.8 Å². The van der Waals surface area contributed by atoms with Gasteiger partial charge in [-0.15, -0.1) is 10.2 Å². The summed E-state index contributed by atoms with van der Waals surface area (Å²) in [5.41, 5.74) is 1.06. The molecule has 0 N–H and O–H groups in total. The van der Waals surface area contributed by atoms with Crippen molar-refractivity contribution in [2.45, 2.75) is 17.8 Å². The molecule has 1 amide bonds. The number of halogens is 1. The first-order chi connectivity index (χ1) is 14.5. The Labute approximate surface area is 187 Å². The minimum atomic E-state index is -0.347. The molecule has 156 valence electrons. The Bertz CT molecular complexity index is 1060. The maximum absolute atomic E-state index is 12.6. The Kier molecular flexibility index (Phi) is 6.29. The molecule has 30 heavy (non-hydrogen) atoms. The van der Waals surface area contributed by atoms with E-state index < -0.39 is 0 Å². The average molecular weight is 489 g/mol. The second kappa shape index (κ2) is 9.09. The average Bonchev–Trinajstić information content (AvgIpc) is 3.13. The first-order valence-corrected chi connectivity index (χ1v) is 11.2. The molecule has 0 fully saturated rings. The van der Waals surface area contributed by atoms with Gasteiger partial charge in [0.25, 0.3) is 0 Å². The highest BCUT2D eigenvalue weighted by Crippen LogP contribution is 2.35. The largest absolute Gasteiger partial charge is 0.485 e. The van der Waals surface area contributed by atoms with Crippen LogP contribution in [0, 0.1) is 0 Å². The van der Waals surface area contributed by atoms with E-state index >= 15 is 0 Å².